The van der Waals surface area contributed by atoms with Crippen LogP contribution >= 0.6 is 23.1 Å². The lowest BCUT2D eigenvalue weighted by atomic mass is 10.1. The summed E-state index contributed by atoms with van der Waals surface area (Å²) in [6.45, 7) is 1.37. The molecular formula is C18H17N3OS2. The number of thiophene rings is 1. The van der Waals surface area contributed by atoms with E-state index in [9.17, 15) is 4.79 Å². The lowest BCUT2D eigenvalue weighted by molar-refractivity contribution is 0.0731. The number of nitrogens with one attached hydrogen (secondary N) is 1. The Kier molecular flexibility index (Phi) is 4.40. The number of benzene rings is 1. The molecular weight excluding hydrogens is 338 g/mol. The molecule has 3 aromatic rings. The molecule has 0 fully saturated rings. The van der Waals surface area contributed by atoms with Crippen molar-refractivity contribution in [2.75, 3.05) is 6.54 Å². The number of hydrogen-bond donors (Lipinski definition) is 1. The van der Waals surface area contributed by atoms with E-state index in [0.29, 0.717) is 6.54 Å². The lowest BCUT2D eigenvalue weighted by Crippen LogP contribution is -2.36. The smallest absolute Gasteiger partial charge is 0.255 e. The van der Waals surface area contributed by atoms with Gasteiger partial charge in [0.1, 0.15) is 0 Å². The summed E-state index contributed by atoms with van der Waals surface area (Å²) in [5.41, 5.74) is 3.07. The summed E-state index contributed by atoms with van der Waals surface area (Å²) in [4.78, 5) is 17.3. The first kappa shape index (κ1) is 15.5. The van der Waals surface area contributed by atoms with Crippen molar-refractivity contribution in [2.45, 2.75) is 23.6 Å². The fourth-order valence-corrected chi connectivity index (χ4v) is 4.70. The molecule has 1 aliphatic heterocycles. The van der Waals surface area contributed by atoms with Gasteiger partial charge in [-0.15, -0.1) is 23.1 Å². The Bertz CT molecular complexity index is 842. The van der Waals surface area contributed by atoms with Crippen molar-refractivity contribution in [1.82, 2.24) is 15.1 Å². The highest BCUT2D eigenvalue weighted by molar-refractivity contribution is 7.98. The third-order valence-electron chi connectivity index (χ3n) is 4.16. The van der Waals surface area contributed by atoms with Crippen molar-refractivity contribution in [1.29, 1.82) is 0 Å². The highest BCUT2D eigenvalue weighted by Crippen LogP contribution is 2.29. The Hall–Kier alpha value is -2.05. The van der Waals surface area contributed by atoms with Crippen molar-refractivity contribution in [3.63, 3.8) is 0 Å². The summed E-state index contributed by atoms with van der Waals surface area (Å²) < 4.78 is 0. The Morgan fingerprint density at radius 2 is 2.21 bits per heavy atom. The molecule has 24 heavy (non-hydrogen) atoms. The summed E-state index contributed by atoms with van der Waals surface area (Å²) in [6, 6.07) is 12.1. The van der Waals surface area contributed by atoms with Crippen molar-refractivity contribution >= 4 is 29.0 Å². The third-order valence-corrected chi connectivity index (χ3v) is 6.34. The zero-order chi connectivity index (χ0) is 16.4. The van der Waals surface area contributed by atoms with Gasteiger partial charge in [0.05, 0.1) is 11.8 Å². The average molecular weight is 355 g/mol. The van der Waals surface area contributed by atoms with Crippen LogP contribution in [-0.2, 0) is 18.7 Å². The molecule has 1 amide bonds. The van der Waals surface area contributed by atoms with E-state index in [1.165, 1.54) is 4.88 Å². The molecule has 122 valence electrons. The second-order valence-corrected chi connectivity index (χ2v) is 7.76. The van der Waals surface area contributed by atoms with Gasteiger partial charge in [0.15, 0.2) is 0 Å². The van der Waals surface area contributed by atoms with Gasteiger partial charge < -0.3 is 4.90 Å². The Morgan fingerprint density at radius 1 is 1.29 bits per heavy atom. The normalized spacial score (nSPS) is 13.8. The van der Waals surface area contributed by atoms with E-state index in [-0.39, 0.29) is 5.91 Å². The first-order valence-corrected chi connectivity index (χ1v) is 9.72. The van der Waals surface area contributed by atoms with Gasteiger partial charge in [-0.3, -0.25) is 9.89 Å². The molecule has 0 aliphatic carbocycles. The van der Waals surface area contributed by atoms with E-state index >= 15 is 0 Å². The topological polar surface area (TPSA) is 49.0 Å². The van der Waals surface area contributed by atoms with Crippen LogP contribution in [0.4, 0.5) is 0 Å². The molecule has 0 saturated heterocycles. The summed E-state index contributed by atoms with van der Waals surface area (Å²) in [6.07, 6.45) is 2.66. The second kappa shape index (κ2) is 6.83. The van der Waals surface area contributed by atoms with Crippen LogP contribution in [0, 0.1) is 0 Å². The van der Waals surface area contributed by atoms with Crippen LogP contribution in [0.2, 0.25) is 0 Å². The van der Waals surface area contributed by atoms with Crippen molar-refractivity contribution in [3.8, 4) is 0 Å². The van der Waals surface area contributed by atoms with E-state index in [0.717, 1.165) is 40.4 Å². The number of fused-ring (bicyclic) bond motifs is 1. The minimum Gasteiger partial charge on any atom is -0.334 e. The summed E-state index contributed by atoms with van der Waals surface area (Å²) in [7, 11) is 0. The van der Waals surface area contributed by atoms with Gasteiger partial charge in [-0.2, -0.15) is 5.10 Å². The standard InChI is InChI=1S/C18H17N3OS2/c22-18(21-8-7-16-13(11-21)10-19-20-16)15-5-1-2-6-17(15)24-12-14-4-3-9-23-14/h1-6,9-10H,7-8,11-12H2,(H,19,20). The zero-order valence-corrected chi connectivity index (χ0v) is 14.7. The minimum absolute atomic E-state index is 0.108. The number of aromatic nitrogens is 2. The number of carbonyl (C=O) groups excluding carboxylic acids is 1. The summed E-state index contributed by atoms with van der Waals surface area (Å²) in [5, 5.41) is 9.18. The molecule has 1 aromatic carbocycles. The summed E-state index contributed by atoms with van der Waals surface area (Å²) in [5.74, 6) is 1.00. The molecule has 1 aliphatic rings. The van der Waals surface area contributed by atoms with E-state index in [1.807, 2.05) is 35.4 Å². The Labute approximate surface area is 148 Å². The fourth-order valence-electron chi connectivity index (χ4n) is 2.88. The van der Waals surface area contributed by atoms with Crippen LogP contribution in [0.5, 0.6) is 0 Å². The highest BCUT2D eigenvalue weighted by Gasteiger charge is 2.24. The maximum atomic E-state index is 13.0. The summed E-state index contributed by atoms with van der Waals surface area (Å²) >= 11 is 3.48. The number of thioether (sulfide) groups is 1. The number of amides is 1. The highest BCUT2D eigenvalue weighted by atomic mass is 32.2. The molecule has 0 bridgehead atoms. The first-order chi connectivity index (χ1) is 11.8. The van der Waals surface area contributed by atoms with Gasteiger partial charge in [0.2, 0.25) is 0 Å². The van der Waals surface area contributed by atoms with E-state index in [4.69, 9.17) is 0 Å². The van der Waals surface area contributed by atoms with Crippen molar-refractivity contribution in [3.05, 3.63) is 69.7 Å². The number of carbonyl (C=O) groups is 1. The van der Waals surface area contributed by atoms with Gasteiger partial charge in [0.25, 0.3) is 5.91 Å². The average Bonchev–Trinajstić information content (AvgIpc) is 3.30. The number of aromatic amines is 1. The molecule has 4 nitrogen and oxygen atoms in total. The fraction of sp³-hybridized carbons (Fsp3) is 0.222. The Morgan fingerprint density at radius 3 is 3.08 bits per heavy atom. The van der Waals surface area contributed by atoms with Crippen LogP contribution in [0.15, 0.2) is 52.9 Å². The maximum absolute atomic E-state index is 13.0. The van der Waals surface area contributed by atoms with E-state index in [2.05, 4.69) is 27.7 Å². The van der Waals surface area contributed by atoms with Gasteiger partial charge in [-0.1, -0.05) is 18.2 Å². The van der Waals surface area contributed by atoms with E-state index < -0.39 is 0 Å². The van der Waals surface area contributed by atoms with Gasteiger partial charge >= 0.3 is 0 Å². The van der Waals surface area contributed by atoms with Crippen molar-refractivity contribution < 1.29 is 4.79 Å². The molecule has 0 spiro atoms. The third kappa shape index (κ3) is 3.12. The second-order valence-electron chi connectivity index (χ2n) is 5.71. The molecule has 2 aromatic heterocycles. The molecule has 1 N–H and O–H groups in total. The minimum atomic E-state index is 0.108. The van der Waals surface area contributed by atoms with E-state index in [1.54, 1.807) is 23.1 Å². The molecule has 3 heterocycles. The predicted molar refractivity (Wildman–Crippen MR) is 97.4 cm³/mol. The number of H-pyrrole nitrogens is 1. The Balaban J connectivity index is 1.52. The van der Waals surface area contributed by atoms with Gasteiger partial charge in [-0.25, -0.2) is 0 Å². The quantitative estimate of drug-likeness (QED) is 0.721. The largest absolute Gasteiger partial charge is 0.334 e. The van der Waals surface area contributed by atoms with Crippen LogP contribution in [-0.4, -0.2) is 27.5 Å². The molecule has 0 radical (unpaired) electrons. The predicted octanol–water partition coefficient (Wildman–Crippen LogP) is 3.96. The van der Waals surface area contributed by atoms with Crippen LogP contribution in [0.1, 0.15) is 26.5 Å². The lowest BCUT2D eigenvalue weighted by Gasteiger charge is -2.27. The number of hydrogen-bond acceptors (Lipinski definition) is 4. The molecule has 0 unspecified atom stereocenters. The van der Waals surface area contributed by atoms with Crippen LogP contribution in [0.3, 0.4) is 0 Å². The first-order valence-electron chi connectivity index (χ1n) is 7.86. The molecule has 0 saturated carbocycles. The molecule has 4 rings (SSSR count). The molecule has 6 heteroatoms. The zero-order valence-electron chi connectivity index (χ0n) is 13.1. The monoisotopic (exact) mass is 355 g/mol. The van der Waals surface area contributed by atoms with Crippen LogP contribution < -0.4 is 0 Å². The number of nitrogens with zero attached hydrogens (tertiary/aromatic N) is 2. The van der Waals surface area contributed by atoms with Gasteiger partial charge in [-0.05, 0) is 23.6 Å². The van der Waals surface area contributed by atoms with Gasteiger partial charge in [0, 0.05) is 46.3 Å². The maximum Gasteiger partial charge on any atom is 0.255 e. The van der Waals surface area contributed by atoms with Crippen molar-refractivity contribution in [2.24, 2.45) is 0 Å². The molecule has 0 atom stereocenters. The SMILES string of the molecule is O=C(c1ccccc1SCc1cccs1)N1CCc2[nH]ncc2C1. The van der Waals surface area contributed by atoms with Crippen LogP contribution in [0.25, 0.3) is 0 Å². The number of rotatable bonds is 4.